The summed E-state index contributed by atoms with van der Waals surface area (Å²) >= 11 is 0. The van der Waals surface area contributed by atoms with Gasteiger partial charge in [0.1, 0.15) is 18.2 Å². The number of hydrogen-bond donors (Lipinski definition) is 2. The molecule has 0 fully saturated rings. The Morgan fingerprint density at radius 1 is 0.684 bits per heavy atom. The number of rotatable bonds is 23. The zero-order valence-corrected chi connectivity index (χ0v) is 25.0. The van der Waals surface area contributed by atoms with Crippen molar-refractivity contribution in [3.63, 3.8) is 0 Å². The van der Waals surface area contributed by atoms with Crippen LogP contribution in [0.15, 0.2) is 0 Å². The van der Waals surface area contributed by atoms with Crippen molar-refractivity contribution in [1.29, 1.82) is 0 Å². The summed E-state index contributed by atoms with van der Waals surface area (Å²) < 4.78 is 10.3. The Labute approximate surface area is 231 Å². The second-order valence-electron chi connectivity index (χ2n) is 11.2. The standard InChI is InChI=1S/C30H56N2O6/c1-6-8-10-11-12-13-14-15-16-17-18-19-20-21-26(33)32-25(23-27(34)38-30(3,4)5)29(36)31-24-28(35)37-22-9-7-2/h25H,6-24H2,1-5H3,(H,31,36)(H,32,33)/t25-/m1/s1. The maximum Gasteiger partial charge on any atom is 0.325 e. The van der Waals surface area contributed by atoms with Crippen LogP contribution in [0.2, 0.25) is 0 Å². The molecule has 38 heavy (non-hydrogen) atoms. The van der Waals surface area contributed by atoms with Crippen LogP contribution in [0.3, 0.4) is 0 Å². The number of esters is 2. The molecule has 0 spiro atoms. The van der Waals surface area contributed by atoms with Gasteiger partial charge in [-0.05, 0) is 33.6 Å². The second-order valence-corrected chi connectivity index (χ2v) is 11.2. The summed E-state index contributed by atoms with van der Waals surface area (Å²) in [6.45, 7) is 9.41. The summed E-state index contributed by atoms with van der Waals surface area (Å²) in [4.78, 5) is 49.3. The number of amides is 2. The topological polar surface area (TPSA) is 111 Å². The van der Waals surface area contributed by atoms with Gasteiger partial charge in [0.05, 0.1) is 13.0 Å². The van der Waals surface area contributed by atoms with E-state index in [1.165, 1.54) is 64.2 Å². The quantitative estimate of drug-likeness (QED) is 0.119. The lowest BCUT2D eigenvalue weighted by molar-refractivity contribution is -0.156. The molecule has 8 heteroatoms. The molecule has 0 aliphatic rings. The first-order chi connectivity index (χ1) is 18.1. The highest BCUT2D eigenvalue weighted by Crippen LogP contribution is 2.13. The fourth-order valence-corrected chi connectivity index (χ4v) is 3.99. The van der Waals surface area contributed by atoms with Gasteiger partial charge in [0, 0.05) is 6.42 Å². The average molecular weight is 541 g/mol. The number of carbonyl (C=O) groups is 4. The van der Waals surface area contributed by atoms with Gasteiger partial charge in [0.25, 0.3) is 0 Å². The van der Waals surface area contributed by atoms with E-state index in [-0.39, 0.29) is 25.3 Å². The molecule has 2 amide bonds. The molecule has 222 valence electrons. The molecule has 0 bridgehead atoms. The molecule has 0 aliphatic carbocycles. The van der Waals surface area contributed by atoms with Crippen LogP contribution in [0.5, 0.6) is 0 Å². The summed E-state index contributed by atoms with van der Waals surface area (Å²) in [7, 11) is 0. The lowest BCUT2D eigenvalue weighted by Crippen LogP contribution is -2.49. The molecule has 0 aromatic rings. The third kappa shape index (κ3) is 23.0. The molecular formula is C30H56N2O6. The van der Waals surface area contributed by atoms with Crippen molar-refractivity contribution < 1.29 is 28.7 Å². The molecule has 0 rings (SSSR count). The van der Waals surface area contributed by atoms with Crippen molar-refractivity contribution in [3.8, 4) is 0 Å². The van der Waals surface area contributed by atoms with Gasteiger partial charge >= 0.3 is 11.9 Å². The first kappa shape index (κ1) is 35.9. The molecule has 0 unspecified atom stereocenters. The first-order valence-corrected chi connectivity index (χ1v) is 15.0. The van der Waals surface area contributed by atoms with Gasteiger partial charge in [-0.2, -0.15) is 0 Å². The van der Waals surface area contributed by atoms with E-state index in [0.717, 1.165) is 32.1 Å². The zero-order chi connectivity index (χ0) is 28.7. The Bertz CT molecular complexity index is 660. The molecular weight excluding hydrogens is 484 g/mol. The summed E-state index contributed by atoms with van der Waals surface area (Å²) in [6, 6.07) is -1.11. The zero-order valence-electron chi connectivity index (χ0n) is 25.0. The largest absolute Gasteiger partial charge is 0.464 e. The molecule has 0 heterocycles. The van der Waals surface area contributed by atoms with Gasteiger partial charge in [-0.15, -0.1) is 0 Å². The summed E-state index contributed by atoms with van der Waals surface area (Å²) in [5, 5.41) is 5.11. The SMILES string of the molecule is CCCCCCCCCCCCCCCC(=O)N[C@H](CC(=O)OC(C)(C)C)C(=O)NCC(=O)OCCCC. The van der Waals surface area contributed by atoms with Crippen LogP contribution in [0.25, 0.3) is 0 Å². The molecule has 0 aliphatic heterocycles. The minimum absolute atomic E-state index is 0.287. The Hall–Kier alpha value is -2.12. The maximum absolute atomic E-state index is 12.7. The Balaban J connectivity index is 4.33. The van der Waals surface area contributed by atoms with Gasteiger partial charge in [0.2, 0.25) is 11.8 Å². The van der Waals surface area contributed by atoms with Crippen molar-refractivity contribution in [2.45, 2.75) is 155 Å². The van der Waals surface area contributed by atoms with Crippen molar-refractivity contribution in [1.82, 2.24) is 10.6 Å². The van der Waals surface area contributed by atoms with Crippen molar-refractivity contribution in [3.05, 3.63) is 0 Å². The fraction of sp³-hybridized carbons (Fsp3) is 0.867. The van der Waals surface area contributed by atoms with Crippen LogP contribution in [0, 0.1) is 0 Å². The van der Waals surface area contributed by atoms with E-state index in [0.29, 0.717) is 6.61 Å². The molecule has 0 aromatic carbocycles. The third-order valence-corrected chi connectivity index (χ3v) is 6.12. The first-order valence-electron chi connectivity index (χ1n) is 15.0. The predicted molar refractivity (Wildman–Crippen MR) is 152 cm³/mol. The van der Waals surface area contributed by atoms with Gasteiger partial charge in [-0.1, -0.05) is 97.3 Å². The number of nitrogens with one attached hydrogen (secondary N) is 2. The normalized spacial score (nSPS) is 12.0. The van der Waals surface area contributed by atoms with Crippen LogP contribution in [0.4, 0.5) is 0 Å². The highest BCUT2D eigenvalue weighted by atomic mass is 16.6. The molecule has 0 saturated heterocycles. The van der Waals surface area contributed by atoms with Crippen LogP contribution in [0.1, 0.15) is 144 Å². The lowest BCUT2D eigenvalue weighted by Gasteiger charge is -2.22. The molecule has 1 atom stereocenters. The van der Waals surface area contributed by atoms with E-state index in [1.54, 1.807) is 20.8 Å². The van der Waals surface area contributed by atoms with E-state index in [9.17, 15) is 19.2 Å². The lowest BCUT2D eigenvalue weighted by atomic mass is 10.0. The third-order valence-electron chi connectivity index (χ3n) is 6.12. The Kier molecular flexibility index (Phi) is 21.6. The predicted octanol–water partition coefficient (Wildman–Crippen LogP) is 6.14. The number of carbonyl (C=O) groups excluding carboxylic acids is 4. The number of hydrogen-bond acceptors (Lipinski definition) is 6. The van der Waals surface area contributed by atoms with E-state index in [1.807, 2.05) is 6.92 Å². The van der Waals surface area contributed by atoms with E-state index >= 15 is 0 Å². The minimum atomic E-state index is -1.11. The van der Waals surface area contributed by atoms with E-state index < -0.39 is 29.5 Å². The fourth-order valence-electron chi connectivity index (χ4n) is 3.99. The Morgan fingerprint density at radius 3 is 1.68 bits per heavy atom. The van der Waals surface area contributed by atoms with Crippen LogP contribution >= 0.6 is 0 Å². The van der Waals surface area contributed by atoms with Crippen molar-refractivity contribution >= 4 is 23.8 Å². The monoisotopic (exact) mass is 540 g/mol. The van der Waals surface area contributed by atoms with E-state index in [2.05, 4.69) is 17.6 Å². The molecule has 8 nitrogen and oxygen atoms in total. The number of unbranched alkanes of at least 4 members (excludes halogenated alkanes) is 13. The smallest absolute Gasteiger partial charge is 0.325 e. The Morgan fingerprint density at radius 2 is 1.18 bits per heavy atom. The van der Waals surface area contributed by atoms with Crippen LogP contribution in [-0.4, -0.2) is 48.5 Å². The minimum Gasteiger partial charge on any atom is -0.464 e. The van der Waals surface area contributed by atoms with E-state index in [4.69, 9.17) is 9.47 Å². The van der Waals surface area contributed by atoms with Crippen LogP contribution < -0.4 is 10.6 Å². The average Bonchev–Trinajstić information content (AvgIpc) is 2.84. The van der Waals surface area contributed by atoms with Gasteiger partial charge in [-0.25, -0.2) is 0 Å². The summed E-state index contributed by atoms with van der Waals surface area (Å²) in [6.07, 6.45) is 17.5. The van der Waals surface area contributed by atoms with Gasteiger partial charge in [-0.3, -0.25) is 19.2 Å². The number of ether oxygens (including phenoxy) is 2. The highest BCUT2D eigenvalue weighted by Gasteiger charge is 2.27. The van der Waals surface area contributed by atoms with Crippen molar-refractivity contribution in [2.24, 2.45) is 0 Å². The van der Waals surface area contributed by atoms with Gasteiger partial charge < -0.3 is 20.1 Å². The molecule has 0 radical (unpaired) electrons. The molecule has 2 N–H and O–H groups in total. The van der Waals surface area contributed by atoms with Crippen molar-refractivity contribution in [2.75, 3.05) is 13.2 Å². The second kappa shape index (κ2) is 22.8. The molecule has 0 saturated carbocycles. The van der Waals surface area contributed by atoms with Gasteiger partial charge in [0.15, 0.2) is 0 Å². The maximum atomic E-state index is 12.7. The summed E-state index contributed by atoms with van der Waals surface area (Å²) in [5.74, 6) is -2.05. The summed E-state index contributed by atoms with van der Waals surface area (Å²) in [5.41, 5.74) is -0.708. The highest BCUT2D eigenvalue weighted by molar-refractivity contribution is 5.92. The van der Waals surface area contributed by atoms with Crippen LogP contribution in [-0.2, 0) is 28.7 Å². The molecule has 0 aromatic heterocycles.